The topological polar surface area (TPSA) is 412 Å². The second-order valence-electron chi connectivity index (χ2n) is 19.5. The number of unbranched alkanes of at least 4 members (excludes halogenated alkanes) is 1. The number of hydrogen-bond donors (Lipinski definition) is 14. The molecule has 1 fully saturated rings. The number of hydrogen-bond acceptors (Lipinski definition) is 19. The average Bonchev–Trinajstić information content (AvgIpc) is 3.40. The third-order valence-electron chi connectivity index (χ3n) is 13.4. The molecule has 442 valence electrons. The quantitative estimate of drug-likeness (QED) is 0.0349. The highest BCUT2D eigenvalue weighted by atomic mass is 16.4. The zero-order valence-electron chi connectivity index (χ0n) is 44.6. The van der Waals surface area contributed by atoms with E-state index in [1.807, 2.05) is 0 Å². The third kappa shape index (κ3) is 22.4. The number of aliphatic hydroxyl groups excluding tert-OH is 2. The van der Waals surface area contributed by atoms with Crippen LogP contribution in [0.4, 0.5) is 0 Å². The molecule has 4 rings (SSSR count). The van der Waals surface area contributed by atoms with Crippen LogP contribution in [0.1, 0.15) is 78.5 Å². The van der Waals surface area contributed by atoms with Gasteiger partial charge in [-0.15, -0.1) is 0 Å². The van der Waals surface area contributed by atoms with Crippen LogP contribution in [-0.4, -0.2) is 248 Å². The number of rotatable bonds is 29. The highest BCUT2D eigenvalue weighted by molar-refractivity contribution is 6.00. The Labute approximate surface area is 462 Å². The number of nitrogens with one attached hydrogen (secondary N) is 5. The number of aliphatic hydroxyl groups is 2. The summed E-state index contributed by atoms with van der Waals surface area (Å²) in [4.78, 5) is 123. The fraction of sp³-hybridized carbons (Fsp3) is 0.558. The van der Waals surface area contributed by atoms with Crippen LogP contribution in [-0.2, 0) is 33.6 Å². The van der Waals surface area contributed by atoms with E-state index < -0.39 is 88.2 Å². The number of carboxylic acid groups (broad SMARTS) is 3. The highest BCUT2D eigenvalue weighted by Crippen LogP contribution is 2.30. The molecular formula is C52H76N10O18. The van der Waals surface area contributed by atoms with Crippen LogP contribution in [0.25, 0.3) is 0 Å². The summed E-state index contributed by atoms with van der Waals surface area (Å²) in [6.07, 6.45) is 1.57. The average molecular weight is 1130 g/mol. The minimum Gasteiger partial charge on any atom is -0.509 e. The Bertz CT molecular complexity index is 2460. The summed E-state index contributed by atoms with van der Waals surface area (Å²) in [6, 6.07) is 6.11. The summed E-state index contributed by atoms with van der Waals surface area (Å²) in [6.45, 7) is 1.15. The maximum atomic E-state index is 14.5. The number of carbonyl (C=O) groups is 9. The van der Waals surface area contributed by atoms with Crippen molar-refractivity contribution in [2.75, 3.05) is 118 Å². The number of benzene rings is 2. The molecule has 0 radical (unpaired) electrons. The van der Waals surface area contributed by atoms with Crippen LogP contribution in [0.15, 0.2) is 47.9 Å². The van der Waals surface area contributed by atoms with Crippen molar-refractivity contribution in [3.05, 3.63) is 59.0 Å². The van der Waals surface area contributed by atoms with Crippen molar-refractivity contribution in [3.8, 4) is 23.0 Å². The van der Waals surface area contributed by atoms with Crippen LogP contribution < -0.4 is 26.6 Å². The Morgan fingerprint density at radius 3 is 1.46 bits per heavy atom. The summed E-state index contributed by atoms with van der Waals surface area (Å²) >= 11 is 0. The number of amides is 6. The second kappa shape index (κ2) is 33.5. The standard InChI is InChI=1S/C52H76N10O18/c63-38-11-3-8-34(46(38)74)49(77)55-18-6-20-62(21-7-19-56-50(78)35-9-4-12-39(64)47(35)75)52(80)37(57-51(79)36-10-5-13-40(65)48(36)76)14-15-41(66)53-16-1-2-17-54-42(67)30-58-22-24-59(31-43(68)69)26-28-61(33-45(72)73)29-27-60(25-23-58)32-44(70)71/h3,5,8,10-11,13,35,37,63-65,74-76H,1-2,4,6-7,9,12,14-33H2,(H,53,66)(H,54,67)(H,55,77)(H,56,78)(H,57,79)(H,68,69)(H,70,71)(H,72,73)/t35-,37?/m1/s1. The van der Waals surface area contributed by atoms with E-state index in [4.69, 9.17) is 0 Å². The molecule has 28 nitrogen and oxygen atoms in total. The third-order valence-corrected chi connectivity index (χ3v) is 13.4. The van der Waals surface area contributed by atoms with E-state index in [-0.39, 0.29) is 173 Å². The van der Waals surface area contributed by atoms with Gasteiger partial charge in [-0.05, 0) is 69.2 Å². The van der Waals surface area contributed by atoms with Gasteiger partial charge in [0.25, 0.3) is 11.8 Å². The minimum absolute atomic E-state index is 0.0164. The molecule has 14 N–H and O–H groups in total. The van der Waals surface area contributed by atoms with Crippen LogP contribution in [0.3, 0.4) is 0 Å². The lowest BCUT2D eigenvalue weighted by atomic mass is 9.92. The molecule has 1 aliphatic carbocycles. The van der Waals surface area contributed by atoms with Gasteiger partial charge in [0, 0.05) is 104 Å². The summed E-state index contributed by atoms with van der Waals surface area (Å²) < 4.78 is 0. The fourth-order valence-electron chi connectivity index (χ4n) is 8.95. The van der Waals surface area contributed by atoms with Crippen LogP contribution in [0.2, 0.25) is 0 Å². The molecule has 2 aromatic rings. The number of nitrogens with zero attached hydrogens (tertiary/aromatic N) is 5. The number of allylic oxidation sites excluding steroid dienone is 1. The zero-order valence-corrected chi connectivity index (χ0v) is 44.6. The molecule has 28 heteroatoms. The van der Waals surface area contributed by atoms with E-state index in [0.29, 0.717) is 25.7 Å². The molecule has 1 unspecified atom stereocenters. The summed E-state index contributed by atoms with van der Waals surface area (Å²) in [7, 11) is 0. The lowest BCUT2D eigenvalue weighted by molar-refractivity contribution is -0.140. The molecule has 2 aromatic carbocycles. The molecular weight excluding hydrogens is 1050 g/mol. The van der Waals surface area contributed by atoms with Gasteiger partial charge in [-0.2, -0.15) is 0 Å². The number of phenolic OH excluding ortho intramolecular Hbond substituents is 4. The molecule has 0 spiro atoms. The SMILES string of the molecule is O=C(O)CN1CCN(CC(=O)O)CCN(CC(=O)NCCCCNC(=O)CCC(NC(=O)c2cccc(O)c2O)C(=O)N(CCCNC(=O)c2cccc(O)c2O)CCCNC(=O)[C@@H]2CCCC(O)=C2O)CCN(CC(=O)O)CC1. The van der Waals surface area contributed by atoms with Crippen molar-refractivity contribution in [2.24, 2.45) is 5.92 Å². The van der Waals surface area contributed by atoms with Gasteiger partial charge in [-0.3, -0.25) is 62.8 Å². The van der Waals surface area contributed by atoms with Crippen molar-refractivity contribution in [1.29, 1.82) is 0 Å². The highest BCUT2D eigenvalue weighted by Gasteiger charge is 2.31. The predicted molar refractivity (Wildman–Crippen MR) is 285 cm³/mol. The van der Waals surface area contributed by atoms with E-state index in [1.165, 1.54) is 35.2 Å². The van der Waals surface area contributed by atoms with Crippen molar-refractivity contribution in [2.45, 2.75) is 63.8 Å². The largest absolute Gasteiger partial charge is 0.509 e. The normalized spacial score (nSPS) is 16.5. The van der Waals surface area contributed by atoms with Crippen LogP contribution in [0, 0.1) is 5.92 Å². The molecule has 2 aliphatic rings. The van der Waals surface area contributed by atoms with Crippen LogP contribution in [0.5, 0.6) is 23.0 Å². The first-order valence-corrected chi connectivity index (χ1v) is 26.5. The summed E-state index contributed by atoms with van der Waals surface area (Å²) in [5, 5.41) is 103. The molecule has 0 aromatic heterocycles. The van der Waals surface area contributed by atoms with Gasteiger partial charge in [-0.1, -0.05) is 12.1 Å². The molecule has 1 aliphatic heterocycles. The van der Waals surface area contributed by atoms with E-state index in [0.717, 1.165) is 6.07 Å². The van der Waals surface area contributed by atoms with Gasteiger partial charge in [0.1, 0.15) is 17.6 Å². The van der Waals surface area contributed by atoms with Crippen molar-refractivity contribution < 1.29 is 89.1 Å². The molecule has 0 saturated carbocycles. The lowest BCUT2D eigenvalue weighted by Crippen LogP contribution is -2.50. The smallest absolute Gasteiger partial charge is 0.317 e. The van der Waals surface area contributed by atoms with Crippen molar-refractivity contribution >= 4 is 53.4 Å². The maximum Gasteiger partial charge on any atom is 0.317 e. The summed E-state index contributed by atoms with van der Waals surface area (Å²) in [5.74, 6) is -11.1. The number of aliphatic carboxylic acids is 3. The van der Waals surface area contributed by atoms with E-state index in [1.54, 1.807) is 19.6 Å². The predicted octanol–water partition coefficient (Wildman–Crippen LogP) is -0.842. The molecule has 1 saturated heterocycles. The molecule has 2 atom stereocenters. The minimum atomic E-state index is -1.41. The lowest BCUT2D eigenvalue weighted by Gasteiger charge is -2.32. The number of carbonyl (C=O) groups excluding carboxylic acids is 6. The first-order chi connectivity index (χ1) is 38.1. The van der Waals surface area contributed by atoms with Gasteiger partial charge >= 0.3 is 17.9 Å². The number of carboxylic acids is 3. The monoisotopic (exact) mass is 1130 g/mol. The van der Waals surface area contributed by atoms with Crippen molar-refractivity contribution in [3.63, 3.8) is 0 Å². The fourth-order valence-corrected chi connectivity index (χ4v) is 8.95. The molecule has 0 bridgehead atoms. The summed E-state index contributed by atoms with van der Waals surface area (Å²) in [5.41, 5.74) is -0.565. The Morgan fingerprint density at radius 1 is 0.537 bits per heavy atom. The van der Waals surface area contributed by atoms with Crippen LogP contribution >= 0.6 is 0 Å². The maximum absolute atomic E-state index is 14.5. The Kier molecular flexibility index (Phi) is 27.0. The van der Waals surface area contributed by atoms with E-state index in [9.17, 15) is 89.1 Å². The second-order valence-corrected chi connectivity index (χ2v) is 19.5. The Morgan fingerprint density at radius 2 is 0.975 bits per heavy atom. The first-order valence-electron chi connectivity index (χ1n) is 26.5. The zero-order chi connectivity index (χ0) is 58.7. The Balaban J connectivity index is 1.36. The van der Waals surface area contributed by atoms with Gasteiger partial charge in [0.2, 0.25) is 23.6 Å². The van der Waals surface area contributed by atoms with Gasteiger partial charge < -0.3 is 77.4 Å². The number of phenols is 4. The first kappa shape index (κ1) is 64.6. The molecule has 1 heterocycles. The van der Waals surface area contributed by atoms with Gasteiger partial charge in [0.05, 0.1) is 43.2 Å². The molecule has 80 heavy (non-hydrogen) atoms. The van der Waals surface area contributed by atoms with E-state index >= 15 is 0 Å². The van der Waals surface area contributed by atoms with Crippen molar-refractivity contribution in [1.82, 2.24) is 51.1 Å². The molecule has 6 amide bonds. The van der Waals surface area contributed by atoms with E-state index in [2.05, 4.69) is 26.6 Å². The number of aromatic hydroxyl groups is 4. The van der Waals surface area contributed by atoms with Gasteiger partial charge in [-0.25, -0.2) is 0 Å². The Hall–Kier alpha value is -7.95. The number of para-hydroxylation sites is 2. The van der Waals surface area contributed by atoms with Gasteiger partial charge in [0.15, 0.2) is 23.0 Å².